The zero-order valence-electron chi connectivity index (χ0n) is 21.4. The molecule has 4 heteroatoms. The summed E-state index contributed by atoms with van der Waals surface area (Å²) in [7, 11) is 0. The van der Waals surface area contributed by atoms with Crippen LogP contribution in [0.15, 0.2) is 84.9 Å². The van der Waals surface area contributed by atoms with E-state index in [1.54, 1.807) is 4.90 Å². The van der Waals surface area contributed by atoms with Gasteiger partial charge in [-0.2, -0.15) is 0 Å². The number of rotatable bonds is 11. The Hall–Kier alpha value is -3.40. The van der Waals surface area contributed by atoms with E-state index in [-0.39, 0.29) is 23.8 Å². The van der Waals surface area contributed by atoms with Gasteiger partial charge in [0.25, 0.3) is 0 Å². The molecule has 0 aliphatic carbocycles. The quantitative estimate of drug-likeness (QED) is 0.361. The minimum absolute atomic E-state index is 0.0190. The van der Waals surface area contributed by atoms with Gasteiger partial charge in [0.05, 0.1) is 0 Å². The monoisotopic (exact) mass is 470 g/mol. The summed E-state index contributed by atoms with van der Waals surface area (Å²) in [5, 5.41) is 3.09. The predicted molar refractivity (Wildman–Crippen MR) is 143 cm³/mol. The Morgan fingerprint density at radius 1 is 0.800 bits per heavy atom. The number of carbonyl (C=O) groups excluding carboxylic acids is 2. The lowest BCUT2D eigenvalue weighted by molar-refractivity contribution is -0.141. The largest absolute Gasteiger partial charge is 0.352 e. The van der Waals surface area contributed by atoms with Crippen molar-refractivity contribution in [1.29, 1.82) is 0 Å². The number of carbonyl (C=O) groups is 2. The molecule has 0 radical (unpaired) electrons. The fourth-order valence-electron chi connectivity index (χ4n) is 4.34. The molecular weight excluding hydrogens is 432 g/mol. The van der Waals surface area contributed by atoms with Gasteiger partial charge in [0.1, 0.15) is 6.04 Å². The summed E-state index contributed by atoms with van der Waals surface area (Å²) in [4.78, 5) is 29.0. The van der Waals surface area contributed by atoms with Gasteiger partial charge < -0.3 is 10.2 Å². The van der Waals surface area contributed by atoms with Gasteiger partial charge in [-0.15, -0.1) is 0 Å². The summed E-state index contributed by atoms with van der Waals surface area (Å²) in [5.41, 5.74) is 4.38. The van der Waals surface area contributed by atoms with E-state index in [1.165, 1.54) is 5.56 Å². The molecule has 3 aromatic carbocycles. The Labute approximate surface area is 210 Å². The molecule has 0 fully saturated rings. The number of nitrogens with one attached hydrogen (secondary N) is 1. The maximum Gasteiger partial charge on any atom is 0.243 e. The highest BCUT2D eigenvalue weighted by Crippen LogP contribution is 2.29. The SMILES string of the molecule is CC[C@H](C)NC(=O)[C@H](CC)N(Cc1ccc(C)cc1)C(=O)CC(c1ccccc1)c1ccccc1. The van der Waals surface area contributed by atoms with Crippen LogP contribution < -0.4 is 5.32 Å². The maximum atomic E-state index is 14.0. The van der Waals surface area contributed by atoms with Crippen molar-refractivity contribution in [3.05, 3.63) is 107 Å². The summed E-state index contributed by atoms with van der Waals surface area (Å²) in [5.74, 6) is -0.187. The Morgan fingerprint density at radius 3 is 1.83 bits per heavy atom. The Morgan fingerprint density at radius 2 is 1.34 bits per heavy atom. The molecule has 2 amide bonds. The van der Waals surface area contributed by atoms with Crippen LogP contribution in [-0.4, -0.2) is 28.8 Å². The molecule has 3 aromatic rings. The Kier molecular flexibility index (Phi) is 9.66. The third-order valence-electron chi connectivity index (χ3n) is 6.64. The second-order valence-corrected chi connectivity index (χ2v) is 9.33. The first-order valence-corrected chi connectivity index (χ1v) is 12.7. The predicted octanol–water partition coefficient (Wildman–Crippen LogP) is 6.24. The minimum atomic E-state index is -0.523. The highest BCUT2D eigenvalue weighted by molar-refractivity contribution is 5.88. The molecule has 1 N–H and O–H groups in total. The van der Waals surface area contributed by atoms with Crippen molar-refractivity contribution in [2.75, 3.05) is 0 Å². The molecule has 0 unspecified atom stereocenters. The van der Waals surface area contributed by atoms with Gasteiger partial charge >= 0.3 is 0 Å². The first-order valence-electron chi connectivity index (χ1n) is 12.7. The fourth-order valence-corrected chi connectivity index (χ4v) is 4.34. The molecule has 184 valence electrons. The van der Waals surface area contributed by atoms with Gasteiger partial charge in [-0.25, -0.2) is 0 Å². The van der Waals surface area contributed by atoms with E-state index in [9.17, 15) is 9.59 Å². The third-order valence-corrected chi connectivity index (χ3v) is 6.64. The molecule has 0 heterocycles. The van der Waals surface area contributed by atoms with Crippen LogP contribution in [0.25, 0.3) is 0 Å². The fraction of sp³-hybridized carbons (Fsp3) is 0.355. The van der Waals surface area contributed by atoms with Crippen molar-refractivity contribution in [2.24, 2.45) is 0 Å². The normalized spacial score (nSPS) is 12.7. The van der Waals surface area contributed by atoms with Crippen LogP contribution in [0, 0.1) is 6.92 Å². The summed E-state index contributed by atoms with van der Waals surface area (Å²) < 4.78 is 0. The van der Waals surface area contributed by atoms with Gasteiger partial charge in [-0.3, -0.25) is 9.59 Å². The average molecular weight is 471 g/mol. The van der Waals surface area contributed by atoms with E-state index in [1.807, 2.05) is 76.2 Å². The number of hydrogen-bond donors (Lipinski definition) is 1. The lowest BCUT2D eigenvalue weighted by Crippen LogP contribution is -2.51. The highest BCUT2D eigenvalue weighted by Gasteiger charge is 2.31. The zero-order valence-corrected chi connectivity index (χ0v) is 21.4. The molecular formula is C31H38N2O2. The maximum absolute atomic E-state index is 14.0. The van der Waals surface area contributed by atoms with Crippen molar-refractivity contribution in [2.45, 2.75) is 71.5 Å². The van der Waals surface area contributed by atoms with E-state index in [0.29, 0.717) is 19.4 Å². The molecule has 0 aliphatic rings. The van der Waals surface area contributed by atoms with Gasteiger partial charge in [-0.1, -0.05) is 104 Å². The van der Waals surface area contributed by atoms with Crippen LogP contribution in [0.4, 0.5) is 0 Å². The molecule has 4 nitrogen and oxygen atoms in total. The summed E-state index contributed by atoms with van der Waals surface area (Å²) in [6.07, 6.45) is 1.70. The molecule has 0 bridgehead atoms. The molecule has 2 atom stereocenters. The molecule has 3 rings (SSSR count). The van der Waals surface area contributed by atoms with Crippen molar-refractivity contribution < 1.29 is 9.59 Å². The summed E-state index contributed by atoms with van der Waals surface area (Å²) in [6, 6.07) is 28.0. The van der Waals surface area contributed by atoms with Crippen LogP contribution in [0.3, 0.4) is 0 Å². The number of hydrogen-bond acceptors (Lipinski definition) is 2. The molecule has 0 spiro atoms. The highest BCUT2D eigenvalue weighted by atomic mass is 16.2. The number of benzene rings is 3. The second-order valence-electron chi connectivity index (χ2n) is 9.33. The Balaban J connectivity index is 1.94. The Bertz CT molecular complexity index is 1020. The summed E-state index contributed by atoms with van der Waals surface area (Å²) >= 11 is 0. The van der Waals surface area contributed by atoms with E-state index < -0.39 is 6.04 Å². The number of amides is 2. The van der Waals surface area contributed by atoms with E-state index in [4.69, 9.17) is 0 Å². The smallest absolute Gasteiger partial charge is 0.243 e. The second kappa shape index (κ2) is 12.9. The van der Waals surface area contributed by atoms with E-state index in [0.717, 1.165) is 23.1 Å². The van der Waals surface area contributed by atoms with Crippen LogP contribution in [-0.2, 0) is 16.1 Å². The van der Waals surface area contributed by atoms with Crippen LogP contribution in [0.5, 0.6) is 0 Å². The topological polar surface area (TPSA) is 49.4 Å². The van der Waals surface area contributed by atoms with Gasteiger partial charge in [0.15, 0.2) is 0 Å². The standard InChI is InChI=1S/C31H38N2O2/c1-5-24(4)32-31(35)29(6-2)33(22-25-19-17-23(3)18-20-25)30(34)21-28(26-13-9-7-10-14-26)27-15-11-8-12-16-27/h7-20,24,28-29H,5-6,21-22H2,1-4H3,(H,32,35)/t24-,29-/m0/s1. The molecule has 0 aliphatic heterocycles. The average Bonchev–Trinajstić information content (AvgIpc) is 2.89. The first kappa shape index (κ1) is 26.2. The van der Waals surface area contributed by atoms with Gasteiger partial charge in [-0.05, 0) is 43.4 Å². The minimum Gasteiger partial charge on any atom is -0.352 e. The lowest BCUT2D eigenvalue weighted by Gasteiger charge is -2.33. The molecule has 35 heavy (non-hydrogen) atoms. The number of aryl methyl sites for hydroxylation is 1. The van der Waals surface area contributed by atoms with Crippen molar-refractivity contribution in [3.63, 3.8) is 0 Å². The van der Waals surface area contributed by atoms with Crippen molar-refractivity contribution in [1.82, 2.24) is 10.2 Å². The first-order chi connectivity index (χ1) is 16.9. The van der Waals surface area contributed by atoms with E-state index >= 15 is 0 Å². The van der Waals surface area contributed by atoms with Gasteiger partial charge in [0, 0.05) is 24.9 Å². The van der Waals surface area contributed by atoms with Crippen molar-refractivity contribution >= 4 is 11.8 Å². The third kappa shape index (κ3) is 7.29. The van der Waals surface area contributed by atoms with Gasteiger partial charge in [0.2, 0.25) is 11.8 Å². The molecule has 0 saturated carbocycles. The lowest BCUT2D eigenvalue weighted by atomic mass is 9.88. The van der Waals surface area contributed by atoms with Crippen molar-refractivity contribution in [3.8, 4) is 0 Å². The van der Waals surface area contributed by atoms with Crippen LogP contribution in [0.2, 0.25) is 0 Å². The zero-order chi connectivity index (χ0) is 25.2. The molecule has 0 aromatic heterocycles. The molecule has 0 saturated heterocycles. The van der Waals surface area contributed by atoms with E-state index in [2.05, 4.69) is 41.7 Å². The summed E-state index contributed by atoms with van der Waals surface area (Å²) in [6.45, 7) is 8.47. The van der Waals surface area contributed by atoms with Crippen LogP contribution in [0.1, 0.15) is 68.2 Å². The van der Waals surface area contributed by atoms with Crippen LogP contribution >= 0.6 is 0 Å². The number of nitrogens with zero attached hydrogens (tertiary/aromatic N) is 1.